The Hall–Kier alpha value is -0.900. The molecule has 0 atom stereocenters. The molecular formula is C5H9N3O. The number of hydrogen-bond donors (Lipinski definition) is 2. The number of H-pyrrole nitrogens is 1. The number of aryl methyl sites for hydroxylation is 1. The molecule has 1 heterocycles. The van der Waals surface area contributed by atoms with Crippen LogP contribution in [0.5, 0.6) is 0 Å². The molecule has 0 saturated heterocycles. The van der Waals surface area contributed by atoms with Gasteiger partial charge in [-0.1, -0.05) is 0 Å². The topological polar surface area (TPSA) is 61.8 Å². The highest BCUT2D eigenvalue weighted by atomic mass is 16.3. The molecule has 9 heavy (non-hydrogen) atoms. The molecule has 0 aliphatic rings. The molecule has 2 N–H and O–H groups in total. The highest BCUT2D eigenvalue weighted by molar-refractivity contribution is 4.86. The van der Waals surface area contributed by atoms with Crippen LogP contribution in [0.25, 0.3) is 0 Å². The van der Waals surface area contributed by atoms with Crippen molar-refractivity contribution >= 4 is 0 Å². The Bertz CT molecular complexity index is 184. The third-order valence-electron chi connectivity index (χ3n) is 0.979. The molecule has 50 valence electrons. The second-order valence-electron chi connectivity index (χ2n) is 1.81. The van der Waals surface area contributed by atoms with Gasteiger partial charge in [0, 0.05) is 6.42 Å². The van der Waals surface area contributed by atoms with Crippen molar-refractivity contribution in [1.82, 2.24) is 15.2 Å². The number of aliphatic hydroxyl groups is 1. The highest BCUT2D eigenvalue weighted by Crippen LogP contribution is 1.89. The van der Waals surface area contributed by atoms with Crippen molar-refractivity contribution in [3.63, 3.8) is 0 Å². The number of nitrogens with zero attached hydrogens (tertiary/aromatic N) is 2. The van der Waals surface area contributed by atoms with Gasteiger partial charge in [0.1, 0.15) is 5.82 Å². The Morgan fingerprint density at radius 1 is 1.67 bits per heavy atom. The SMILES string of the molecule is Cc1nc(CCO)n[nH]1. The molecule has 0 unspecified atom stereocenters. The molecule has 0 aromatic carbocycles. The normalized spacial score (nSPS) is 10.0. The maximum atomic E-state index is 8.44. The first kappa shape index (κ1) is 6.22. The van der Waals surface area contributed by atoms with Crippen LogP contribution in [0, 0.1) is 6.92 Å². The second-order valence-corrected chi connectivity index (χ2v) is 1.81. The van der Waals surface area contributed by atoms with Crippen LogP contribution in [0.3, 0.4) is 0 Å². The predicted molar refractivity (Wildman–Crippen MR) is 31.9 cm³/mol. The summed E-state index contributed by atoms with van der Waals surface area (Å²) in [6, 6.07) is 0. The largest absolute Gasteiger partial charge is 0.396 e. The van der Waals surface area contributed by atoms with Gasteiger partial charge in [-0.3, -0.25) is 5.10 Å². The molecule has 1 aromatic heterocycles. The number of hydrogen-bond acceptors (Lipinski definition) is 3. The zero-order chi connectivity index (χ0) is 6.69. The van der Waals surface area contributed by atoms with Gasteiger partial charge in [-0.05, 0) is 6.92 Å². The summed E-state index contributed by atoms with van der Waals surface area (Å²) in [6.45, 7) is 1.94. The monoisotopic (exact) mass is 127 g/mol. The van der Waals surface area contributed by atoms with E-state index in [9.17, 15) is 0 Å². The maximum Gasteiger partial charge on any atom is 0.152 e. The first-order valence-corrected chi connectivity index (χ1v) is 2.81. The minimum absolute atomic E-state index is 0.108. The van der Waals surface area contributed by atoms with Gasteiger partial charge in [-0.25, -0.2) is 4.98 Å². The number of nitrogens with one attached hydrogen (secondary N) is 1. The van der Waals surface area contributed by atoms with Crippen molar-refractivity contribution in [2.24, 2.45) is 0 Å². The molecule has 1 rings (SSSR count). The van der Waals surface area contributed by atoms with Gasteiger partial charge in [0.2, 0.25) is 0 Å². The summed E-state index contributed by atoms with van der Waals surface area (Å²) in [5, 5.41) is 14.9. The molecule has 0 aliphatic carbocycles. The van der Waals surface area contributed by atoms with Gasteiger partial charge in [0.15, 0.2) is 5.82 Å². The Morgan fingerprint density at radius 3 is 2.89 bits per heavy atom. The number of aliphatic hydroxyl groups excluding tert-OH is 1. The maximum absolute atomic E-state index is 8.44. The van der Waals surface area contributed by atoms with Crippen LogP contribution in [0.1, 0.15) is 11.6 Å². The summed E-state index contributed by atoms with van der Waals surface area (Å²) in [6.07, 6.45) is 0.532. The fourth-order valence-electron chi connectivity index (χ4n) is 0.601. The minimum Gasteiger partial charge on any atom is -0.396 e. The smallest absolute Gasteiger partial charge is 0.152 e. The van der Waals surface area contributed by atoms with Crippen LogP contribution in [0.2, 0.25) is 0 Å². The van der Waals surface area contributed by atoms with Crippen LogP contribution < -0.4 is 0 Å². The molecule has 4 heteroatoms. The molecule has 1 aromatic rings. The summed E-state index contributed by atoms with van der Waals surface area (Å²) >= 11 is 0. The fraction of sp³-hybridized carbons (Fsp3) is 0.600. The molecule has 4 nitrogen and oxygen atoms in total. The summed E-state index contributed by atoms with van der Waals surface area (Å²) in [5.74, 6) is 1.47. The third-order valence-corrected chi connectivity index (χ3v) is 0.979. The molecule has 0 saturated carbocycles. The molecule has 0 amide bonds. The zero-order valence-electron chi connectivity index (χ0n) is 5.26. The van der Waals surface area contributed by atoms with Crippen LogP contribution in [-0.2, 0) is 6.42 Å². The third kappa shape index (κ3) is 1.50. The van der Waals surface area contributed by atoms with Gasteiger partial charge in [-0.2, -0.15) is 5.10 Å². The van der Waals surface area contributed by atoms with Crippen LogP contribution in [0.4, 0.5) is 0 Å². The second kappa shape index (κ2) is 2.59. The number of rotatable bonds is 2. The lowest BCUT2D eigenvalue weighted by molar-refractivity contribution is 0.296. The van der Waals surface area contributed by atoms with Crippen molar-refractivity contribution in [2.75, 3.05) is 6.61 Å². The molecule has 0 aliphatic heterocycles. The lowest BCUT2D eigenvalue weighted by atomic mass is 10.4. The van der Waals surface area contributed by atoms with Crippen molar-refractivity contribution in [1.29, 1.82) is 0 Å². The summed E-state index contributed by atoms with van der Waals surface area (Å²) in [7, 11) is 0. The standard InChI is InChI=1S/C5H9N3O/c1-4-6-5(2-3-9)8-7-4/h9H,2-3H2,1H3,(H,6,7,8). The number of aromatic amines is 1. The van der Waals surface area contributed by atoms with Gasteiger partial charge >= 0.3 is 0 Å². The Morgan fingerprint density at radius 2 is 2.44 bits per heavy atom. The van der Waals surface area contributed by atoms with E-state index < -0.39 is 0 Å². The van der Waals surface area contributed by atoms with Gasteiger partial charge in [0.05, 0.1) is 6.61 Å². The van der Waals surface area contributed by atoms with Gasteiger partial charge in [-0.15, -0.1) is 0 Å². The van der Waals surface area contributed by atoms with E-state index in [4.69, 9.17) is 5.11 Å². The quantitative estimate of drug-likeness (QED) is 0.570. The van der Waals surface area contributed by atoms with Crippen LogP contribution in [0.15, 0.2) is 0 Å². The summed E-state index contributed by atoms with van der Waals surface area (Å²) in [4.78, 5) is 3.97. The van der Waals surface area contributed by atoms with Crippen molar-refractivity contribution in [2.45, 2.75) is 13.3 Å². The van der Waals surface area contributed by atoms with E-state index in [1.54, 1.807) is 0 Å². The Kier molecular flexibility index (Phi) is 1.79. The van der Waals surface area contributed by atoms with E-state index >= 15 is 0 Å². The fourth-order valence-corrected chi connectivity index (χ4v) is 0.601. The Labute approximate surface area is 52.9 Å². The molecule has 0 bridgehead atoms. The lowest BCUT2D eigenvalue weighted by Gasteiger charge is -1.83. The molecule has 0 fully saturated rings. The lowest BCUT2D eigenvalue weighted by Crippen LogP contribution is -1.92. The molecule has 0 radical (unpaired) electrons. The van der Waals surface area contributed by atoms with E-state index in [0.29, 0.717) is 12.2 Å². The first-order chi connectivity index (χ1) is 4.33. The van der Waals surface area contributed by atoms with Crippen LogP contribution in [-0.4, -0.2) is 26.9 Å². The first-order valence-electron chi connectivity index (χ1n) is 2.81. The van der Waals surface area contributed by atoms with Gasteiger partial charge in [0.25, 0.3) is 0 Å². The summed E-state index contributed by atoms with van der Waals surface area (Å²) in [5.41, 5.74) is 0. The van der Waals surface area contributed by atoms with Crippen LogP contribution >= 0.6 is 0 Å². The van der Waals surface area contributed by atoms with E-state index in [1.807, 2.05) is 6.92 Å². The average molecular weight is 127 g/mol. The van der Waals surface area contributed by atoms with Crippen molar-refractivity contribution < 1.29 is 5.11 Å². The minimum atomic E-state index is 0.108. The molecular weight excluding hydrogens is 118 g/mol. The average Bonchev–Trinajstić information content (AvgIpc) is 2.17. The molecule has 0 spiro atoms. The van der Waals surface area contributed by atoms with Crippen molar-refractivity contribution in [3.05, 3.63) is 11.6 Å². The van der Waals surface area contributed by atoms with E-state index in [1.165, 1.54) is 0 Å². The predicted octanol–water partition coefficient (Wildman–Crippen LogP) is -0.352. The van der Waals surface area contributed by atoms with E-state index in [0.717, 1.165) is 5.82 Å². The zero-order valence-corrected chi connectivity index (χ0v) is 5.26. The van der Waals surface area contributed by atoms with E-state index in [-0.39, 0.29) is 6.61 Å². The summed E-state index contributed by atoms with van der Waals surface area (Å²) < 4.78 is 0. The number of aromatic nitrogens is 3. The van der Waals surface area contributed by atoms with Crippen molar-refractivity contribution in [3.8, 4) is 0 Å². The highest BCUT2D eigenvalue weighted by Gasteiger charge is 1.95. The Balaban J connectivity index is 2.61. The van der Waals surface area contributed by atoms with E-state index in [2.05, 4.69) is 15.2 Å². The van der Waals surface area contributed by atoms with Gasteiger partial charge < -0.3 is 5.11 Å².